The molecule has 0 saturated heterocycles. The van der Waals surface area contributed by atoms with Gasteiger partial charge in [-0.1, -0.05) is 43.0 Å². The second-order valence-corrected chi connectivity index (χ2v) is 5.88. The number of benzene rings is 1. The van der Waals surface area contributed by atoms with Crippen molar-refractivity contribution in [3.05, 3.63) is 41.5 Å². The van der Waals surface area contributed by atoms with Crippen molar-refractivity contribution in [1.29, 1.82) is 0 Å². The standard InChI is InChI=1S/C18H26O/c1-4-15(2)14-18(11-6-5-7-12-18)16-9-8-10-17(13-16)19-3/h4,8-10,13H,5-7,11-12,14H2,1-3H3/b15-4+. The third kappa shape index (κ3) is 3.20. The van der Waals surface area contributed by atoms with Crippen LogP contribution in [0.3, 0.4) is 0 Å². The molecular weight excluding hydrogens is 232 g/mol. The molecule has 1 aliphatic rings. The van der Waals surface area contributed by atoms with Crippen molar-refractivity contribution in [2.75, 3.05) is 7.11 Å². The Labute approximate surface area is 117 Å². The van der Waals surface area contributed by atoms with Gasteiger partial charge in [0.05, 0.1) is 7.11 Å². The van der Waals surface area contributed by atoms with Crippen LogP contribution in [0.4, 0.5) is 0 Å². The number of methoxy groups -OCH3 is 1. The average Bonchev–Trinajstić information content (AvgIpc) is 2.48. The van der Waals surface area contributed by atoms with Gasteiger partial charge in [0, 0.05) is 0 Å². The van der Waals surface area contributed by atoms with Gasteiger partial charge in [0.1, 0.15) is 5.75 Å². The summed E-state index contributed by atoms with van der Waals surface area (Å²) in [4.78, 5) is 0. The monoisotopic (exact) mass is 258 g/mol. The topological polar surface area (TPSA) is 9.23 Å². The Kier molecular flexibility index (Phi) is 4.68. The maximum Gasteiger partial charge on any atom is 0.119 e. The maximum absolute atomic E-state index is 5.41. The van der Waals surface area contributed by atoms with E-state index in [1.165, 1.54) is 49.7 Å². The molecule has 0 radical (unpaired) electrons. The molecule has 0 amide bonds. The number of hydrogen-bond donors (Lipinski definition) is 0. The number of hydrogen-bond acceptors (Lipinski definition) is 1. The Balaban J connectivity index is 2.35. The van der Waals surface area contributed by atoms with E-state index in [0.29, 0.717) is 5.41 Å². The van der Waals surface area contributed by atoms with E-state index < -0.39 is 0 Å². The normalized spacial score (nSPS) is 19.2. The van der Waals surface area contributed by atoms with Crippen molar-refractivity contribution in [2.24, 2.45) is 0 Å². The average molecular weight is 258 g/mol. The van der Waals surface area contributed by atoms with Crippen LogP contribution < -0.4 is 4.74 Å². The SMILES string of the molecule is C/C=C(\C)CC1(c2cccc(OC)c2)CCCCC1. The molecule has 1 saturated carbocycles. The quantitative estimate of drug-likeness (QED) is 0.670. The van der Waals surface area contributed by atoms with Crippen molar-refractivity contribution in [3.8, 4) is 5.75 Å². The molecule has 0 unspecified atom stereocenters. The number of allylic oxidation sites excluding steroid dienone is 2. The Morgan fingerprint density at radius 2 is 2.00 bits per heavy atom. The van der Waals surface area contributed by atoms with Gasteiger partial charge in [0.15, 0.2) is 0 Å². The molecule has 1 aromatic carbocycles. The predicted octanol–water partition coefficient (Wildman–Crippen LogP) is 5.25. The molecule has 19 heavy (non-hydrogen) atoms. The lowest BCUT2D eigenvalue weighted by atomic mass is 9.66. The van der Waals surface area contributed by atoms with E-state index in [-0.39, 0.29) is 0 Å². The van der Waals surface area contributed by atoms with Crippen molar-refractivity contribution in [1.82, 2.24) is 0 Å². The molecule has 1 aromatic rings. The summed E-state index contributed by atoms with van der Waals surface area (Å²) in [5.41, 5.74) is 3.31. The van der Waals surface area contributed by atoms with Crippen molar-refractivity contribution < 1.29 is 4.74 Å². The maximum atomic E-state index is 5.41. The minimum Gasteiger partial charge on any atom is -0.497 e. The molecule has 1 nitrogen and oxygen atoms in total. The third-order valence-electron chi connectivity index (χ3n) is 4.60. The molecule has 0 heterocycles. The largest absolute Gasteiger partial charge is 0.497 e. The summed E-state index contributed by atoms with van der Waals surface area (Å²) < 4.78 is 5.41. The molecule has 1 heteroatoms. The number of ether oxygens (including phenoxy) is 1. The van der Waals surface area contributed by atoms with Gasteiger partial charge < -0.3 is 4.74 Å². The van der Waals surface area contributed by atoms with Gasteiger partial charge in [-0.05, 0) is 56.2 Å². The first-order valence-corrected chi connectivity index (χ1v) is 7.46. The fourth-order valence-electron chi connectivity index (χ4n) is 3.38. The summed E-state index contributed by atoms with van der Waals surface area (Å²) in [6.45, 7) is 4.41. The van der Waals surface area contributed by atoms with E-state index in [4.69, 9.17) is 4.74 Å². The van der Waals surface area contributed by atoms with E-state index in [1.54, 1.807) is 7.11 Å². The Hall–Kier alpha value is -1.24. The Morgan fingerprint density at radius 3 is 2.63 bits per heavy atom. The van der Waals surface area contributed by atoms with Gasteiger partial charge in [-0.3, -0.25) is 0 Å². The summed E-state index contributed by atoms with van der Waals surface area (Å²) in [6.07, 6.45) is 10.2. The van der Waals surface area contributed by atoms with Crippen LogP contribution in [-0.4, -0.2) is 7.11 Å². The molecule has 1 fully saturated rings. The summed E-state index contributed by atoms with van der Waals surface area (Å²) in [5, 5.41) is 0. The van der Waals surface area contributed by atoms with Crippen LogP contribution >= 0.6 is 0 Å². The van der Waals surface area contributed by atoms with Crippen LogP contribution in [0.15, 0.2) is 35.9 Å². The first-order chi connectivity index (χ1) is 9.20. The van der Waals surface area contributed by atoms with Gasteiger partial charge >= 0.3 is 0 Å². The Morgan fingerprint density at radius 1 is 1.26 bits per heavy atom. The van der Waals surface area contributed by atoms with Crippen LogP contribution in [0.25, 0.3) is 0 Å². The van der Waals surface area contributed by atoms with E-state index in [9.17, 15) is 0 Å². The summed E-state index contributed by atoms with van der Waals surface area (Å²) in [6, 6.07) is 8.71. The molecule has 1 aliphatic carbocycles. The molecule has 0 aliphatic heterocycles. The highest BCUT2D eigenvalue weighted by Gasteiger charge is 2.34. The molecule has 0 spiro atoms. The fraction of sp³-hybridized carbons (Fsp3) is 0.556. The van der Waals surface area contributed by atoms with Gasteiger partial charge in [0.25, 0.3) is 0 Å². The lowest BCUT2D eigenvalue weighted by molar-refractivity contribution is 0.288. The molecule has 0 atom stereocenters. The summed E-state index contributed by atoms with van der Waals surface area (Å²) in [5.74, 6) is 0.987. The van der Waals surface area contributed by atoms with Gasteiger partial charge in [0.2, 0.25) is 0 Å². The highest BCUT2D eigenvalue weighted by molar-refractivity contribution is 5.35. The van der Waals surface area contributed by atoms with Crippen LogP contribution in [0.1, 0.15) is 57.9 Å². The minimum absolute atomic E-state index is 0.337. The van der Waals surface area contributed by atoms with Crippen LogP contribution in [0, 0.1) is 0 Å². The zero-order chi connectivity index (χ0) is 13.7. The van der Waals surface area contributed by atoms with Crippen LogP contribution in [0.2, 0.25) is 0 Å². The van der Waals surface area contributed by atoms with E-state index in [0.717, 1.165) is 5.75 Å². The van der Waals surface area contributed by atoms with Crippen LogP contribution in [-0.2, 0) is 5.41 Å². The molecule has 2 rings (SSSR count). The molecular formula is C18H26O. The van der Waals surface area contributed by atoms with Crippen molar-refractivity contribution >= 4 is 0 Å². The summed E-state index contributed by atoms with van der Waals surface area (Å²) >= 11 is 0. The minimum atomic E-state index is 0.337. The van der Waals surface area contributed by atoms with E-state index in [1.807, 2.05) is 6.07 Å². The second kappa shape index (κ2) is 6.27. The first kappa shape index (κ1) is 14.2. The molecule has 0 N–H and O–H groups in total. The fourth-order valence-corrected chi connectivity index (χ4v) is 3.38. The molecule has 104 valence electrons. The van der Waals surface area contributed by atoms with E-state index >= 15 is 0 Å². The van der Waals surface area contributed by atoms with Gasteiger partial charge in [-0.25, -0.2) is 0 Å². The number of rotatable bonds is 4. The van der Waals surface area contributed by atoms with Crippen molar-refractivity contribution in [2.45, 2.75) is 57.8 Å². The van der Waals surface area contributed by atoms with Crippen LogP contribution in [0.5, 0.6) is 5.75 Å². The summed E-state index contributed by atoms with van der Waals surface area (Å²) in [7, 11) is 1.75. The first-order valence-electron chi connectivity index (χ1n) is 7.46. The van der Waals surface area contributed by atoms with E-state index in [2.05, 4.69) is 38.1 Å². The predicted molar refractivity (Wildman–Crippen MR) is 81.8 cm³/mol. The zero-order valence-electron chi connectivity index (χ0n) is 12.5. The zero-order valence-corrected chi connectivity index (χ0v) is 12.5. The molecule has 0 bridgehead atoms. The van der Waals surface area contributed by atoms with Gasteiger partial charge in [-0.2, -0.15) is 0 Å². The Bertz CT molecular complexity index is 439. The highest BCUT2D eigenvalue weighted by atomic mass is 16.5. The van der Waals surface area contributed by atoms with Crippen molar-refractivity contribution in [3.63, 3.8) is 0 Å². The second-order valence-electron chi connectivity index (χ2n) is 5.88. The molecule has 0 aromatic heterocycles. The smallest absolute Gasteiger partial charge is 0.119 e. The highest BCUT2D eigenvalue weighted by Crippen LogP contribution is 2.44. The third-order valence-corrected chi connectivity index (χ3v) is 4.60. The lowest BCUT2D eigenvalue weighted by Crippen LogP contribution is -2.29. The lowest BCUT2D eigenvalue weighted by Gasteiger charge is -2.38. The van der Waals surface area contributed by atoms with Gasteiger partial charge in [-0.15, -0.1) is 0 Å².